The van der Waals surface area contributed by atoms with Gasteiger partial charge in [0, 0.05) is 12.5 Å². The molecular formula is C18H25N3OS. The topological polar surface area (TPSA) is 45.2 Å². The first-order valence-electron chi connectivity index (χ1n) is 8.44. The van der Waals surface area contributed by atoms with Crippen molar-refractivity contribution < 1.29 is 4.79 Å². The quantitative estimate of drug-likeness (QED) is 0.916. The van der Waals surface area contributed by atoms with Crippen LogP contribution in [-0.2, 0) is 11.3 Å². The Balaban J connectivity index is 1.70. The van der Waals surface area contributed by atoms with Crippen molar-refractivity contribution in [2.24, 2.45) is 11.8 Å². The maximum absolute atomic E-state index is 11.8. The number of piperidine rings is 1. The second kappa shape index (κ2) is 6.97. The highest BCUT2D eigenvalue weighted by Gasteiger charge is 2.16. The molecule has 3 rings (SSSR count). The van der Waals surface area contributed by atoms with E-state index in [-0.39, 0.29) is 11.8 Å². The highest BCUT2D eigenvalue weighted by molar-refractivity contribution is 7.22. The summed E-state index contributed by atoms with van der Waals surface area (Å²) < 4.78 is 1.15. The van der Waals surface area contributed by atoms with E-state index in [9.17, 15) is 4.79 Å². The Bertz CT molecular complexity index is 687. The van der Waals surface area contributed by atoms with Crippen molar-refractivity contribution in [2.45, 2.75) is 40.2 Å². The molecule has 0 atom stereocenters. The average Bonchev–Trinajstić information content (AvgIpc) is 2.91. The summed E-state index contributed by atoms with van der Waals surface area (Å²) in [6, 6.07) is 6.45. The first-order chi connectivity index (χ1) is 11.0. The molecule has 1 aliphatic rings. The van der Waals surface area contributed by atoms with Crippen LogP contribution in [0.2, 0.25) is 0 Å². The summed E-state index contributed by atoms with van der Waals surface area (Å²) in [5.41, 5.74) is 2.29. The fourth-order valence-electron chi connectivity index (χ4n) is 2.85. The van der Waals surface area contributed by atoms with Crippen LogP contribution in [0.25, 0.3) is 10.2 Å². The maximum atomic E-state index is 11.8. The van der Waals surface area contributed by atoms with Crippen LogP contribution < -0.4 is 5.32 Å². The van der Waals surface area contributed by atoms with E-state index < -0.39 is 0 Å². The summed E-state index contributed by atoms with van der Waals surface area (Å²) in [6.45, 7) is 9.51. The van der Waals surface area contributed by atoms with Crippen LogP contribution in [0.1, 0.15) is 39.2 Å². The zero-order valence-corrected chi connectivity index (χ0v) is 14.9. The summed E-state index contributed by atoms with van der Waals surface area (Å²) >= 11 is 1.56. The molecule has 23 heavy (non-hydrogen) atoms. The maximum Gasteiger partial charge on any atom is 0.228 e. The molecule has 0 spiro atoms. The molecular weight excluding hydrogens is 306 g/mol. The number of anilines is 1. The molecule has 0 unspecified atom stereocenters. The van der Waals surface area contributed by atoms with Gasteiger partial charge in [0.15, 0.2) is 5.13 Å². The molecule has 0 bridgehead atoms. The third-order valence-corrected chi connectivity index (χ3v) is 5.42. The average molecular weight is 331 g/mol. The minimum Gasteiger partial charge on any atom is -0.302 e. The Morgan fingerprint density at radius 3 is 2.83 bits per heavy atom. The molecule has 1 saturated heterocycles. The Kier molecular flexibility index (Phi) is 4.97. The van der Waals surface area contributed by atoms with E-state index in [2.05, 4.69) is 40.3 Å². The molecule has 1 aromatic heterocycles. The second-order valence-corrected chi connectivity index (χ2v) is 7.95. The highest BCUT2D eigenvalue weighted by Crippen LogP contribution is 2.28. The lowest BCUT2D eigenvalue weighted by atomic mass is 9.99. The number of fused-ring (bicyclic) bond motifs is 1. The monoisotopic (exact) mass is 331 g/mol. The Hall–Kier alpha value is -1.46. The number of nitrogens with zero attached hydrogens (tertiary/aromatic N) is 2. The van der Waals surface area contributed by atoms with Crippen molar-refractivity contribution in [3.8, 4) is 0 Å². The Morgan fingerprint density at radius 2 is 2.13 bits per heavy atom. The molecule has 1 amide bonds. The van der Waals surface area contributed by atoms with Crippen molar-refractivity contribution in [3.05, 3.63) is 23.8 Å². The molecule has 5 heteroatoms. The van der Waals surface area contributed by atoms with Crippen LogP contribution in [0, 0.1) is 11.8 Å². The predicted octanol–water partition coefficient (Wildman–Crippen LogP) is 4.12. The lowest BCUT2D eigenvalue weighted by molar-refractivity contribution is -0.118. The molecule has 1 N–H and O–H groups in total. The van der Waals surface area contributed by atoms with Gasteiger partial charge in [0.05, 0.1) is 10.2 Å². The van der Waals surface area contributed by atoms with E-state index in [0.717, 1.165) is 22.7 Å². The van der Waals surface area contributed by atoms with E-state index in [1.54, 1.807) is 11.3 Å². The lowest BCUT2D eigenvalue weighted by Crippen LogP contribution is -2.32. The SMILES string of the molecule is CC1CCN(Cc2ccc3nc(NC(=O)C(C)C)sc3c2)CC1. The molecule has 4 nitrogen and oxygen atoms in total. The molecule has 1 aliphatic heterocycles. The van der Waals surface area contributed by atoms with Crippen LogP contribution in [-0.4, -0.2) is 28.9 Å². The van der Waals surface area contributed by atoms with Gasteiger partial charge >= 0.3 is 0 Å². The third-order valence-electron chi connectivity index (χ3n) is 4.49. The summed E-state index contributed by atoms with van der Waals surface area (Å²) in [6.07, 6.45) is 2.60. The molecule has 1 fully saturated rings. The largest absolute Gasteiger partial charge is 0.302 e. The molecule has 1 aromatic carbocycles. The molecule has 0 radical (unpaired) electrons. The molecule has 0 aliphatic carbocycles. The summed E-state index contributed by atoms with van der Waals surface area (Å²) in [7, 11) is 0. The number of aromatic nitrogens is 1. The van der Waals surface area contributed by atoms with Crippen molar-refractivity contribution >= 4 is 32.6 Å². The molecule has 124 valence electrons. The van der Waals surface area contributed by atoms with Gasteiger partial charge in [-0.2, -0.15) is 0 Å². The fourth-order valence-corrected chi connectivity index (χ4v) is 3.78. The number of likely N-dealkylation sites (tertiary alicyclic amines) is 1. The number of carbonyl (C=O) groups is 1. The zero-order valence-electron chi connectivity index (χ0n) is 14.1. The van der Waals surface area contributed by atoms with Gasteiger partial charge in [0.1, 0.15) is 0 Å². The second-order valence-electron chi connectivity index (χ2n) is 6.92. The number of benzene rings is 1. The molecule has 2 aromatic rings. The standard InChI is InChI=1S/C18H25N3OS/c1-12(2)17(22)20-18-19-15-5-4-14(10-16(15)23-18)11-21-8-6-13(3)7-9-21/h4-5,10,12-13H,6-9,11H2,1-3H3,(H,19,20,22). The minimum atomic E-state index is -0.0286. The van der Waals surface area contributed by atoms with Gasteiger partial charge in [0.25, 0.3) is 0 Å². The number of carbonyl (C=O) groups excluding carboxylic acids is 1. The lowest BCUT2D eigenvalue weighted by Gasteiger charge is -2.30. The summed E-state index contributed by atoms with van der Waals surface area (Å²) in [5, 5.41) is 3.59. The van der Waals surface area contributed by atoms with Crippen LogP contribution in [0.4, 0.5) is 5.13 Å². The highest BCUT2D eigenvalue weighted by atomic mass is 32.1. The van der Waals surface area contributed by atoms with Gasteiger partial charge in [-0.25, -0.2) is 4.98 Å². The van der Waals surface area contributed by atoms with E-state index in [1.165, 1.54) is 31.5 Å². The summed E-state index contributed by atoms with van der Waals surface area (Å²) in [5.74, 6) is 0.855. The number of thiazole rings is 1. The first-order valence-corrected chi connectivity index (χ1v) is 9.25. The van der Waals surface area contributed by atoms with Crippen LogP contribution in [0.3, 0.4) is 0 Å². The van der Waals surface area contributed by atoms with Gasteiger partial charge in [-0.3, -0.25) is 9.69 Å². The van der Waals surface area contributed by atoms with Gasteiger partial charge < -0.3 is 5.32 Å². The van der Waals surface area contributed by atoms with Gasteiger partial charge in [0.2, 0.25) is 5.91 Å². The van der Waals surface area contributed by atoms with E-state index in [1.807, 2.05) is 13.8 Å². The van der Waals surface area contributed by atoms with Crippen LogP contribution >= 0.6 is 11.3 Å². The van der Waals surface area contributed by atoms with E-state index >= 15 is 0 Å². The minimum absolute atomic E-state index is 0.0201. The number of rotatable bonds is 4. The zero-order chi connectivity index (χ0) is 16.4. The van der Waals surface area contributed by atoms with Crippen LogP contribution in [0.5, 0.6) is 0 Å². The number of hydrogen-bond acceptors (Lipinski definition) is 4. The van der Waals surface area contributed by atoms with Crippen molar-refractivity contribution in [1.82, 2.24) is 9.88 Å². The summed E-state index contributed by atoms with van der Waals surface area (Å²) in [4.78, 5) is 18.8. The third kappa shape index (κ3) is 4.09. The fraction of sp³-hybridized carbons (Fsp3) is 0.556. The van der Waals surface area contributed by atoms with Crippen molar-refractivity contribution in [3.63, 3.8) is 0 Å². The number of nitrogens with one attached hydrogen (secondary N) is 1. The van der Waals surface area contributed by atoms with Crippen molar-refractivity contribution in [1.29, 1.82) is 0 Å². The van der Waals surface area contributed by atoms with E-state index in [0.29, 0.717) is 5.13 Å². The van der Waals surface area contributed by atoms with Crippen molar-refractivity contribution in [2.75, 3.05) is 18.4 Å². The van der Waals surface area contributed by atoms with Gasteiger partial charge in [-0.15, -0.1) is 0 Å². The molecule has 0 saturated carbocycles. The van der Waals surface area contributed by atoms with Crippen LogP contribution in [0.15, 0.2) is 18.2 Å². The normalized spacial score (nSPS) is 17.0. The Labute approximate surface area is 141 Å². The smallest absolute Gasteiger partial charge is 0.228 e. The molecule has 2 heterocycles. The number of amides is 1. The van der Waals surface area contributed by atoms with Gasteiger partial charge in [-0.05, 0) is 49.5 Å². The predicted molar refractivity (Wildman–Crippen MR) is 96.8 cm³/mol. The van der Waals surface area contributed by atoms with E-state index in [4.69, 9.17) is 0 Å². The van der Waals surface area contributed by atoms with Gasteiger partial charge in [-0.1, -0.05) is 38.2 Å². The Morgan fingerprint density at radius 1 is 1.39 bits per heavy atom. The first kappa shape index (κ1) is 16.4. The number of hydrogen-bond donors (Lipinski definition) is 1.